The lowest BCUT2D eigenvalue weighted by Crippen LogP contribution is -2.01. The van der Waals surface area contributed by atoms with E-state index >= 15 is 0 Å². The number of hydrogen-bond donors (Lipinski definition) is 1. The molecule has 2 aromatic rings. The summed E-state index contributed by atoms with van der Waals surface area (Å²) in [6.45, 7) is 2.90. The molecule has 0 atom stereocenters. The van der Waals surface area contributed by atoms with Crippen LogP contribution in [0.4, 0.5) is 5.69 Å². The van der Waals surface area contributed by atoms with E-state index in [1.165, 1.54) is 11.1 Å². The molecule has 19 heavy (non-hydrogen) atoms. The van der Waals surface area contributed by atoms with Crippen molar-refractivity contribution in [3.63, 3.8) is 0 Å². The molecule has 0 aliphatic rings. The van der Waals surface area contributed by atoms with Crippen molar-refractivity contribution in [3.05, 3.63) is 59.7 Å². The predicted octanol–water partition coefficient (Wildman–Crippen LogP) is 3.84. The number of anilines is 1. The molecule has 2 N–H and O–H groups in total. The summed E-state index contributed by atoms with van der Waals surface area (Å²) in [4.78, 5) is 0. The monoisotopic (exact) mass is 255 g/mol. The Hall–Kier alpha value is -1.96. The maximum absolute atomic E-state index is 5.85. The number of ether oxygens (including phenoxy) is 1. The van der Waals surface area contributed by atoms with Gasteiger partial charge in [0.15, 0.2) is 0 Å². The molecule has 0 amide bonds. The molecule has 0 spiro atoms. The topological polar surface area (TPSA) is 35.2 Å². The SMILES string of the molecule is CCc1ccccc1OCCCc1ccc(N)cc1. The van der Waals surface area contributed by atoms with Crippen molar-refractivity contribution in [2.75, 3.05) is 12.3 Å². The predicted molar refractivity (Wildman–Crippen MR) is 80.5 cm³/mol. The fourth-order valence-corrected chi connectivity index (χ4v) is 2.08. The molecule has 2 heteroatoms. The van der Waals surface area contributed by atoms with E-state index in [-0.39, 0.29) is 0 Å². The van der Waals surface area contributed by atoms with Gasteiger partial charge in [0.2, 0.25) is 0 Å². The zero-order valence-electron chi connectivity index (χ0n) is 11.4. The van der Waals surface area contributed by atoms with Gasteiger partial charge >= 0.3 is 0 Å². The van der Waals surface area contributed by atoms with Gasteiger partial charge in [-0.05, 0) is 48.6 Å². The molecule has 100 valence electrons. The van der Waals surface area contributed by atoms with Crippen molar-refractivity contribution in [1.29, 1.82) is 0 Å². The second kappa shape index (κ2) is 6.83. The summed E-state index contributed by atoms with van der Waals surface area (Å²) in [6, 6.07) is 16.3. The quantitative estimate of drug-likeness (QED) is 0.628. The molecule has 2 aromatic carbocycles. The molecule has 0 aliphatic heterocycles. The summed E-state index contributed by atoms with van der Waals surface area (Å²) in [5.74, 6) is 1.02. The molecule has 0 unspecified atom stereocenters. The highest BCUT2D eigenvalue weighted by Gasteiger charge is 2.00. The molecule has 2 rings (SSSR count). The second-order valence-corrected chi connectivity index (χ2v) is 4.65. The molecule has 0 fully saturated rings. The minimum absolute atomic E-state index is 0.751. The first-order valence-corrected chi connectivity index (χ1v) is 6.84. The number of rotatable bonds is 6. The molecule has 0 aliphatic carbocycles. The van der Waals surface area contributed by atoms with Crippen LogP contribution < -0.4 is 10.5 Å². The Kier molecular flexibility index (Phi) is 4.85. The molecule has 0 bridgehead atoms. The van der Waals surface area contributed by atoms with Gasteiger partial charge in [-0.3, -0.25) is 0 Å². The third-order valence-electron chi connectivity index (χ3n) is 3.20. The number of nitrogen functional groups attached to an aromatic ring is 1. The highest BCUT2D eigenvalue weighted by Crippen LogP contribution is 2.18. The van der Waals surface area contributed by atoms with E-state index in [1.807, 2.05) is 24.3 Å². The maximum atomic E-state index is 5.85. The van der Waals surface area contributed by atoms with Crippen LogP contribution in [0.1, 0.15) is 24.5 Å². The van der Waals surface area contributed by atoms with Crippen LogP contribution >= 0.6 is 0 Å². The van der Waals surface area contributed by atoms with Crippen LogP contribution in [0.2, 0.25) is 0 Å². The van der Waals surface area contributed by atoms with Crippen LogP contribution in [0.5, 0.6) is 5.75 Å². The van der Waals surface area contributed by atoms with E-state index in [0.717, 1.165) is 37.3 Å². The van der Waals surface area contributed by atoms with Crippen molar-refractivity contribution in [2.45, 2.75) is 26.2 Å². The van der Waals surface area contributed by atoms with Gasteiger partial charge < -0.3 is 10.5 Å². The van der Waals surface area contributed by atoms with E-state index < -0.39 is 0 Å². The van der Waals surface area contributed by atoms with E-state index in [0.29, 0.717) is 0 Å². The standard InChI is InChI=1S/C17H21NO/c1-2-15-7-3-4-8-17(15)19-13-5-6-14-9-11-16(18)12-10-14/h3-4,7-12H,2,5-6,13,18H2,1H3. The van der Waals surface area contributed by atoms with Crippen LogP contribution in [-0.4, -0.2) is 6.61 Å². The second-order valence-electron chi connectivity index (χ2n) is 4.65. The van der Waals surface area contributed by atoms with Gasteiger partial charge in [-0.25, -0.2) is 0 Å². The molecule has 0 saturated carbocycles. The highest BCUT2D eigenvalue weighted by atomic mass is 16.5. The Balaban J connectivity index is 1.79. The number of hydrogen-bond acceptors (Lipinski definition) is 2. The first-order chi connectivity index (χ1) is 9.29. The first kappa shape index (κ1) is 13.5. The Labute approximate surface area is 115 Å². The van der Waals surface area contributed by atoms with Gasteiger partial charge in [0, 0.05) is 5.69 Å². The van der Waals surface area contributed by atoms with Crippen LogP contribution in [0, 0.1) is 0 Å². The third-order valence-corrected chi connectivity index (χ3v) is 3.20. The largest absolute Gasteiger partial charge is 0.493 e. The molecule has 0 aromatic heterocycles. The Morgan fingerprint density at radius 3 is 2.47 bits per heavy atom. The van der Waals surface area contributed by atoms with Gasteiger partial charge in [-0.1, -0.05) is 37.3 Å². The lowest BCUT2D eigenvalue weighted by molar-refractivity contribution is 0.308. The number of para-hydroxylation sites is 1. The van der Waals surface area contributed by atoms with E-state index in [2.05, 4.69) is 31.2 Å². The Morgan fingerprint density at radius 2 is 1.74 bits per heavy atom. The average Bonchev–Trinajstić information content (AvgIpc) is 2.46. The van der Waals surface area contributed by atoms with Crippen LogP contribution in [0.3, 0.4) is 0 Å². The zero-order chi connectivity index (χ0) is 13.5. The summed E-state index contributed by atoms with van der Waals surface area (Å²) in [5.41, 5.74) is 9.06. The van der Waals surface area contributed by atoms with Crippen molar-refractivity contribution in [3.8, 4) is 5.75 Å². The molecular weight excluding hydrogens is 234 g/mol. The first-order valence-electron chi connectivity index (χ1n) is 6.84. The lowest BCUT2D eigenvalue weighted by atomic mass is 10.1. The van der Waals surface area contributed by atoms with Crippen LogP contribution in [-0.2, 0) is 12.8 Å². The molecule has 0 heterocycles. The van der Waals surface area contributed by atoms with Crippen molar-refractivity contribution < 1.29 is 4.74 Å². The fraction of sp³-hybridized carbons (Fsp3) is 0.294. The molecular formula is C17H21NO. The minimum atomic E-state index is 0.751. The summed E-state index contributed by atoms with van der Waals surface area (Å²) in [6.07, 6.45) is 3.05. The third kappa shape index (κ3) is 4.02. The molecule has 0 saturated heterocycles. The van der Waals surface area contributed by atoms with Gasteiger partial charge in [0.1, 0.15) is 5.75 Å². The van der Waals surface area contributed by atoms with Crippen molar-refractivity contribution in [2.24, 2.45) is 0 Å². The fourth-order valence-electron chi connectivity index (χ4n) is 2.08. The maximum Gasteiger partial charge on any atom is 0.122 e. The Morgan fingerprint density at radius 1 is 1.00 bits per heavy atom. The van der Waals surface area contributed by atoms with Crippen molar-refractivity contribution >= 4 is 5.69 Å². The molecule has 2 nitrogen and oxygen atoms in total. The van der Waals surface area contributed by atoms with E-state index in [1.54, 1.807) is 0 Å². The van der Waals surface area contributed by atoms with Gasteiger partial charge in [0.05, 0.1) is 6.61 Å². The van der Waals surface area contributed by atoms with Crippen LogP contribution in [0.25, 0.3) is 0 Å². The Bertz CT molecular complexity index is 505. The minimum Gasteiger partial charge on any atom is -0.493 e. The molecule has 0 radical (unpaired) electrons. The smallest absolute Gasteiger partial charge is 0.122 e. The summed E-state index contributed by atoms with van der Waals surface area (Å²) < 4.78 is 5.85. The van der Waals surface area contributed by atoms with Gasteiger partial charge in [-0.15, -0.1) is 0 Å². The van der Waals surface area contributed by atoms with E-state index in [9.17, 15) is 0 Å². The summed E-state index contributed by atoms with van der Waals surface area (Å²) in [5, 5.41) is 0. The lowest BCUT2D eigenvalue weighted by Gasteiger charge is -2.10. The van der Waals surface area contributed by atoms with Crippen LogP contribution in [0.15, 0.2) is 48.5 Å². The number of aryl methyl sites for hydroxylation is 2. The summed E-state index contributed by atoms with van der Waals surface area (Å²) in [7, 11) is 0. The normalized spacial score (nSPS) is 10.4. The van der Waals surface area contributed by atoms with Crippen molar-refractivity contribution in [1.82, 2.24) is 0 Å². The van der Waals surface area contributed by atoms with Gasteiger partial charge in [0.25, 0.3) is 0 Å². The average molecular weight is 255 g/mol. The van der Waals surface area contributed by atoms with E-state index in [4.69, 9.17) is 10.5 Å². The zero-order valence-corrected chi connectivity index (χ0v) is 11.4. The number of nitrogens with two attached hydrogens (primary N) is 1. The number of benzene rings is 2. The van der Waals surface area contributed by atoms with Gasteiger partial charge in [-0.2, -0.15) is 0 Å². The summed E-state index contributed by atoms with van der Waals surface area (Å²) >= 11 is 0. The highest BCUT2D eigenvalue weighted by molar-refractivity contribution is 5.39.